The number of nitriles is 1. The fourth-order valence-electron chi connectivity index (χ4n) is 11.6. The summed E-state index contributed by atoms with van der Waals surface area (Å²) in [5, 5.41) is 67.8. The second-order valence-electron chi connectivity index (χ2n) is 27.3. The molecule has 0 spiro atoms. The predicted molar refractivity (Wildman–Crippen MR) is 452 cm³/mol. The average molecular weight is 1730 g/mol. The Hall–Kier alpha value is -14.4. The maximum absolute atomic E-state index is 14.1. The lowest BCUT2D eigenvalue weighted by atomic mass is 10.1. The van der Waals surface area contributed by atoms with Gasteiger partial charge in [-0.25, -0.2) is 28.4 Å². The number of aromatic carboxylic acids is 5. The molecule has 0 aliphatic rings. The third-order valence-electron chi connectivity index (χ3n) is 17.6. The zero-order valence-corrected chi connectivity index (χ0v) is 68.5. The molecule has 10 N–H and O–H groups in total. The highest BCUT2D eigenvalue weighted by Crippen LogP contribution is 2.35. The number of nitrogens with one attached hydrogen (secondary N) is 5. The number of carboxylic acids is 5. The van der Waals surface area contributed by atoms with Crippen molar-refractivity contribution >= 4 is 99.4 Å². The van der Waals surface area contributed by atoms with Gasteiger partial charge in [0, 0.05) is 17.4 Å². The Balaban J connectivity index is 0.000000240. The van der Waals surface area contributed by atoms with Gasteiger partial charge in [-0.05, 0) is 209 Å². The van der Waals surface area contributed by atoms with E-state index < -0.39 is 83.7 Å². The number of hydrogen-bond acceptors (Lipinski definition) is 14. The summed E-state index contributed by atoms with van der Waals surface area (Å²) in [6, 6.07) is 53.7. The molecule has 0 atom stereocenters. The number of rotatable bonds is 31. The molecule has 0 aromatic heterocycles. The van der Waals surface area contributed by atoms with E-state index in [0.29, 0.717) is 52.5 Å². The van der Waals surface area contributed by atoms with Crippen LogP contribution in [0.2, 0.25) is 5.02 Å². The Morgan fingerprint density at radius 3 is 1.04 bits per heavy atom. The third kappa shape index (κ3) is 31.3. The first-order valence-electron chi connectivity index (χ1n) is 38.6. The summed E-state index contributed by atoms with van der Waals surface area (Å²) >= 11 is 6.21. The molecule has 0 saturated heterocycles. The zero-order valence-electron chi connectivity index (χ0n) is 67.8. The van der Waals surface area contributed by atoms with Crippen molar-refractivity contribution in [2.75, 3.05) is 26.6 Å². The largest absolute Gasteiger partial charge is 0.573 e. The Labute approximate surface area is 713 Å². The van der Waals surface area contributed by atoms with Crippen molar-refractivity contribution in [3.05, 3.63) is 307 Å². The summed E-state index contributed by atoms with van der Waals surface area (Å²) < 4.78 is 104. The lowest BCUT2D eigenvalue weighted by Gasteiger charge is -2.16. The number of carbonyl (C=O) groups excluding carboxylic acids is 5. The molecule has 0 bridgehead atoms. The number of unbranched alkanes of at least 4 members (excludes halogenated alkanes) is 4. The SMILES string of the molecule is CC(C)Oc1ccc(NC(=O)c2ccccc2C(=O)O)cc1C#N.CCCCc1ccc(NC(=O)c2ccccc2C(=O)O)c(Cl)c1.CCCCc1ccc(NC(=O)c2ccccc2C(=O)O)c(F)c1.CCCCc1ccc(NC(=O)c2ccccc2C(=O)O)c(OC(F)(F)F)c1.CCCCc1ccc(NC(=O)c2ccccc2C(=O)O)cc1OC(F)(F)F. The molecule has 10 aromatic carbocycles. The van der Waals surface area contributed by atoms with E-state index in [1.807, 2.05) is 45.9 Å². The van der Waals surface area contributed by atoms with E-state index in [-0.39, 0.29) is 90.1 Å². The van der Waals surface area contributed by atoms with E-state index in [2.05, 4.69) is 49.9 Å². The molecule has 124 heavy (non-hydrogen) atoms. The monoisotopic (exact) mass is 1730 g/mol. The Morgan fingerprint density at radius 1 is 0.371 bits per heavy atom. The molecule has 0 aliphatic carbocycles. The first-order valence-corrected chi connectivity index (χ1v) is 39.0. The number of aryl methyl sites for hydroxylation is 4. The summed E-state index contributed by atoms with van der Waals surface area (Å²) in [5.41, 5.74) is 3.20. The number of alkyl halides is 6. The van der Waals surface area contributed by atoms with E-state index in [9.17, 15) is 83.9 Å². The minimum atomic E-state index is -4.93. The number of halogens is 8. The van der Waals surface area contributed by atoms with Gasteiger partial charge in [-0.15, -0.1) is 26.3 Å². The molecule has 0 aliphatic heterocycles. The van der Waals surface area contributed by atoms with Crippen LogP contribution in [0, 0.1) is 17.1 Å². The number of hydrogen-bond donors (Lipinski definition) is 10. The van der Waals surface area contributed by atoms with Crippen molar-refractivity contribution in [3.8, 4) is 23.3 Å². The van der Waals surface area contributed by atoms with Crippen LogP contribution in [0.1, 0.15) is 224 Å². The molecular formula is C92H88ClF7N6O18. The van der Waals surface area contributed by atoms with Gasteiger partial charge >= 0.3 is 42.6 Å². The van der Waals surface area contributed by atoms with Crippen LogP contribution in [-0.4, -0.2) is 104 Å². The van der Waals surface area contributed by atoms with E-state index in [1.165, 1.54) is 133 Å². The van der Waals surface area contributed by atoms with Crippen molar-refractivity contribution in [1.82, 2.24) is 0 Å². The fraction of sp³-hybridized carbons (Fsp3) is 0.228. The molecule has 650 valence electrons. The second kappa shape index (κ2) is 48.1. The van der Waals surface area contributed by atoms with Crippen LogP contribution in [0.15, 0.2) is 212 Å². The van der Waals surface area contributed by atoms with Gasteiger partial charge in [0.1, 0.15) is 23.4 Å². The molecular weight excluding hydrogens is 1650 g/mol. The van der Waals surface area contributed by atoms with Crippen molar-refractivity contribution in [1.29, 1.82) is 5.26 Å². The topological polar surface area (TPSA) is 383 Å². The Kier molecular flexibility index (Phi) is 38.2. The van der Waals surface area contributed by atoms with Crippen molar-refractivity contribution in [2.24, 2.45) is 0 Å². The summed E-state index contributed by atoms with van der Waals surface area (Å²) in [6.07, 6.45) is 0.139. The van der Waals surface area contributed by atoms with Crippen LogP contribution in [-0.2, 0) is 25.7 Å². The second-order valence-corrected chi connectivity index (χ2v) is 27.7. The smallest absolute Gasteiger partial charge is 0.490 e. The number of carboxylic acid groups (broad SMARTS) is 5. The van der Waals surface area contributed by atoms with Gasteiger partial charge in [0.2, 0.25) is 0 Å². The van der Waals surface area contributed by atoms with Crippen molar-refractivity contribution in [2.45, 2.75) is 137 Å². The van der Waals surface area contributed by atoms with Crippen LogP contribution in [0.5, 0.6) is 17.2 Å². The van der Waals surface area contributed by atoms with E-state index >= 15 is 0 Å². The number of ether oxygens (including phenoxy) is 3. The minimum Gasteiger partial charge on any atom is -0.490 e. The maximum atomic E-state index is 14.1. The van der Waals surface area contributed by atoms with Gasteiger partial charge in [0.25, 0.3) is 29.5 Å². The molecule has 5 amide bonds. The average Bonchev–Trinajstić information content (AvgIpc) is 0.850. The van der Waals surface area contributed by atoms with Crippen molar-refractivity contribution < 1.29 is 118 Å². The van der Waals surface area contributed by atoms with Gasteiger partial charge in [-0.1, -0.05) is 150 Å². The van der Waals surface area contributed by atoms with Gasteiger partial charge < -0.3 is 66.3 Å². The lowest BCUT2D eigenvalue weighted by Crippen LogP contribution is -2.20. The van der Waals surface area contributed by atoms with E-state index in [1.54, 1.807) is 60.7 Å². The van der Waals surface area contributed by atoms with Crippen LogP contribution in [0.25, 0.3) is 0 Å². The van der Waals surface area contributed by atoms with Crippen LogP contribution < -0.4 is 40.8 Å². The highest BCUT2D eigenvalue weighted by molar-refractivity contribution is 6.34. The van der Waals surface area contributed by atoms with Crippen LogP contribution in [0.3, 0.4) is 0 Å². The predicted octanol–water partition coefficient (Wildman–Crippen LogP) is 21.8. The molecule has 10 aromatic rings. The number of amides is 5. The molecule has 0 heterocycles. The van der Waals surface area contributed by atoms with Gasteiger partial charge in [-0.3, -0.25) is 24.0 Å². The molecule has 24 nitrogen and oxygen atoms in total. The van der Waals surface area contributed by atoms with Crippen molar-refractivity contribution in [3.63, 3.8) is 0 Å². The van der Waals surface area contributed by atoms with Crippen LogP contribution >= 0.6 is 11.6 Å². The highest BCUT2D eigenvalue weighted by Gasteiger charge is 2.34. The fourth-order valence-corrected chi connectivity index (χ4v) is 11.8. The zero-order chi connectivity index (χ0) is 91.4. The summed E-state index contributed by atoms with van der Waals surface area (Å²) in [6.45, 7) is 11.8. The Morgan fingerprint density at radius 2 is 0.685 bits per heavy atom. The number of anilines is 5. The third-order valence-corrected chi connectivity index (χ3v) is 17.9. The molecule has 0 radical (unpaired) electrons. The first-order chi connectivity index (χ1) is 58.9. The lowest BCUT2D eigenvalue weighted by molar-refractivity contribution is -0.275. The van der Waals surface area contributed by atoms with E-state index in [0.717, 1.165) is 75.0 Å². The number of nitrogens with zero attached hydrogens (tertiary/aromatic N) is 1. The molecule has 0 unspecified atom stereocenters. The van der Waals surface area contributed by atoms with Crippen LogP contribution in [0.4, 0.5) is 59.2 Å². The number of benzene rings is 10. The molecule has 10 rings (SSSR count). The molecule has 0 saturated carbocycles. The van der Waals surface area contributed by atoms with E-state index in [4.69, 9.17) is 41.9 Å². The quantitative estimate of drug-likeness (QED) is 0.0180. The first kappa shape index (κ1) is 98.4. The molecule has 32 heteroatoms. The molecule has 0 fully saturated rings. The normalized spacial score (nSPS) is 10.6. The van der Waals surface area contributed by atoms with Gasteiger partial charge in [0.05, 0.1) is 89.4 Å². The van der Waals surface area contributed by atoms with Gasteiger partial charge in [-0.2, -0.15) is 5.26 Å². The summed E-state index contributed by atoms with van der Waals surface area (Å²) in [4.78, 5) is 118. The highest BCUT2D eigenvalue weighted by atomic mass is 35.5. The summed E-state index contributed by atoms with van der Waals surface area (Å²) in [7, 11) is 0. The standard InChI is InChI=1S/2C19H18F3NO4.C18H18ClNO3.C18H18FNO3.C18H16N2O4/c1-2-3-6-12-9-10-13(11-16(12)27-19(20,21)22)23-17(24)14-7-4-5-8-15(14)18(25)26;1-2-3-6-12-9-10-15(16(11-12)27-19(20,21)22)23-17(24)13-7-4-5-8-14(13)18(25)26;2*1-2-3-6-12-9-10-16(15(19)11-12)20-17(21)13-7-4-5-8-14(13)18(22)23;1-11(2)24-16-8-7-13(9-12(16)10-19)20-17(21)14-5-3-4-6-15(14)18(22)23/h2*4-5,7-11H,2-3,6H2,1H3,(H,23,24)(H,25,26);2*4-5,7-11H,2-3,6H2,1H3,(H,20,21)(H,22,23);3-9,11H,1-2H3,(H,20,21)(H,22,23). The minimum absolute atomic E-state index is 0.00513. The maximum Gasteiger partial charge on any atom is 0.573 e. The Bertz CT molecular complexity index is 5380. The summed E-state index contributed by atoms with van der Waals surface area (Å²) in [5.74, 6) is -10.5. The van der Waals surface area contributed by atoms with Gasteiger partial charge in [0.15, 0.2) is 5.75 Å². The number of carbonyl (C=O) groups is 10.